The molecule has 1 amide bonds. The molecule has 2 heterocycles. The van der Waals surface area contributed by atoms with Crippen molar-refractivity contribution in [3.63, 3.8) is 0 Å². The summed E-state index contributed by atoms with van der Waals surface area (Å²) in [5.74, 6) is -0.106. The molecular weight excluding hydrogens is 344 g/mol. The molecule has 6 nitrogen and oxygen atoms in total. The molecule has 0 radical (unpaired) electrons. The first kappa shape index (κ1) is 17.8. The Morgan fingerprint density at radius 3 is 2.85 bits per heavy atom. The van der Waals surface area contributed by atoms with Crippen LogP contribution in [-0.2, 0) is 16.0 Å². The third kappa shape index (κ3) is 3.61. The van der Waals surface area contributed by atoms with Crippen LogP contribution in [0, 0.1) is 18.3 Å². The van der Waals surface area contributed by atoms with E-state index in [4.69, 9.17) is 4.52 Å². The molecule has 1 saturated carbocycles. The van der Waals surface area contributed by atoms with E-state index in [0.29, 0.717) is 30.8 Å². The van der Waals surface area contributed by atoms with Crippen molar-refractivity contribution in [3.05, 3.63) is 41.7 Å². The second-order valence-electron chi connectivity index (χ2n) is 7.95. The Labute approximate surface area is 158 Å². The molecule has 1 saturated heterocycles. The molecule has 2 aromatic rings. The number of carbonyl (C=O) groups excluding carboxylic acids is 1. The molecule has 142 valence electrons. The lowest BCUT2D eigenvalue weighted by Crippen LogP contribution is -2.51. The summed E-state index contributed by atoms with van der Waals surface area (Å²) in [5.41, 5.74) is 1.77. The van der Waals surface area contributed by atoms with Gasteiger partial charge in [-0.1, -0.05) is 28.9 Å². The van der Waals surface area contributed by atoms with Gasteiger partial charge in [0.05, 0.1) is 5.41 Å². The van der Waals surface area contributed by atoms with E-state index in [2.05, 4.69) is 5.16 Å². The highest BCUT2D eigenvalue weighted by Gasteiger charge is 2.46. The number of benzene rings is 1. The number of carboxylic acids is 1. The Balaban J connectivity index is 1.55. The van der Waals surface area contributed by atoms with E-state index in [0.717, 1.165) is 24.0 Å². The maximum Gasteiger partial charge on any atom is 0.311 e. The minimum atomic E-state index is -1.01. The van der Waals surface area contributed by atoms with Gasteiger partial charge in [0.1, 0.15) is 11.5 Å². The van der Waals surface area contributed by atoms with Crippen LogP contribution in [0.4, 0.5) is 0 Å². The van der Waals surface area contributed by atoms with Gasteiger partial charge in [0, 0.05) is 37.1 Å². The van der Waals surface area contributed by atoms with Gasteiger partial charge >= 0.3 is 5.97 Å². The summed E-state index contributed by atoms with van der Waals surface area (Å²) in [6.07, 6.45) is 3.34. The number of aromatic nitrogens is 1. The Kier molecular flexibility index (Phi) is 4.50. The molecule has 6 heteroatoms. The van der Waals surface area contributed by atoms with Gasteiger partial charge in [-0.3, -0.25) is 9.59 Å². The first-order valence-electron chi connectivity index (χ1n) is 9.52. The highest BCUT2D eigenvalue weighted by atomic mass is 16.5. The number of piperidine rings is 1. The summed E-state index contributed by atoms with van der Waals surface area (Å²) in [4.78, 5) is 26.3. The zero-order chi connectivity index (χ0) is 19.0. The molecule has 1 aliphatic carbocycles. The highest BCUT2D eigenvalue weighted by Crippen LogP contribution is 2.38. The van der Waals surface area contributed by atoms with Crippen LogP contribution in [-0.4, -0.2) is 40.1 Å². The lowest BCUT2D eigenvalue weighted by atomic mass is 9.76. The minimum absolute atomic E-state index is 0.104. The van der Waals surface area contributed by atoms with Gasteiger partial charge in [-0.2, -0.15) is 0 Å². The number of carbonyl (C=O) groups is 2. The Morgan fingerprint density at radius 1 is 1.33 bits per heavy atom. The summed E-state index contributed by atoms with van der Waals surface area (Å²) in [7, 11) is 0. The molecule has 0 unspecified atom stereocenters. The summed E-state index contributed by atoms with van der Waals surface area (Å²) in [5, 5.41) is 14.1. The molecule has 1 aromatic heterocycles. The second kappa shape index (κ2) is 6.83. The lowest BCUT2D eigenvalue weighted by molar-refractivity contribution is -0.155. The summed E-state index contributed by atoms with van der Waals surface area (Å²) < 4.78 is 5.48. The molecule has 2 aliphatic rings. The Hall–Kier alpha value is -2.63. The number of hydrogen-bond donors (Lipinski definition) is 1. The summed E-state index contributed by atoms with van der Waals surface area (Å²) in [6.45, 7) is 2.91. The van der Waals surface area contributed by atoms with E-state index < -0.39 is 11.4 Å². The largest absolute Gasteiger partial charge is 0.481 e. The third-order valence-corrected chi connectivity index (χ3v) is 5.65. The molecule has 0 bridgehead atoms. The predicted molar refractivity (Wildman–Crippen MR) is 99.0 cm³/mol. The molecule has 27 heavy (non-hydrogen) atoms. The number of rotatable bonds is 5. The van der Waals surface area contributed by atoms with Crippen LogP contribution >= 0.6 is 0 Å². The van der Waals surface area contributed by atoms with E-state index in [-0.39, 0.29) is 24.8 Å². The molecule has 1 aliphatic heterocycles. The predicted octanol–water partition coefficient (Wildman–Crippen LogP) is 3.30. The Morgan fingerprint density at radius 2 is 2.15 bits per heavy atom. The van der Waals surface area contributed by atoms with Crippen molar-refractivity contribution in [2.45, 2.75) is 39.0 Å². The van der Waals surface area contributed by atoms with Crippen LogP contribution in [0.25, 0.3) is 11.3 Å². The van der Waals surface area contributed by atoms with Gasteiger partial charge < -0.3 is 14.5 Å². The molecule has 2 fully saturated rings. The topological polar surface area (TPSA) is 83.6 Å². The van der Waals surface area contributed by atoms with Gasteiger partial charge in [-0.25, -0.2) is 0 Å². The van der Waals surface area contributed by atoms with Crippen LogP contribution < -0.4 is 0 Å². The summed E-state index contributed by atoms with van der Waals surface area (Å²) >= 11 is 0. The fraction of sp³-hybridized carbons (Fsp3) is 0.476. The van der Waals surface area contributed by atoms with Crippen LogP contribution in [0.2, 0.25) is 0 Å². The van der Waals surface area contributed by atoms with Gasteiger partial charge in [-0.15, -0.1) is 0 Å². The normalized spacial score (nSPS) is 22.6. The number of carboxylic acid groups (broad SMARTS) is 1. The average Bonchev–Trinajstić information content (AvgIpc) is 3.40. The first-order chi connectivity index (χ1) is 13.0. The smallest absolute Gasteiger partial charge is 0.311 e. The highest BCUT2D eigenvalue weighted by molar-refractivity contribution is 5.83. The van der Waals surface area contributed by atoms with Crippen LogP contribution in [0.5, 0.6) is 0 Å². The van der Waals surface area contributed by atoms with Crippen molar-refractivity contribution in [3.8, 4) is 11.3 Å². The van der Waals surface area contributed by atoms with E-state index in [1.165, 1.54) is 0 Å². The first-order valence-corrected chi connectivity index (χ1v) is 9.52. The van der Waals surface area contributed by atoms with E-state index in [9.17, 15) is 14.7 Å². The molecular formula is C21H24N2O4. The van der Waals surface area contributed by atoms with Gasteiger partial charge in [-0.05, 0) is 38.7 Å². The van der Waals surface area contributed by atoms with Gasteiger partial charge in [0.15, 0.2) is 0 Å². The number of aliphatic carboxylic acids is 1. The van der Waals surface area contributed by atoms with Gasteiger partial charge in [0.25, 0.3) is 0 Å². The van der Waals surface area contributed by atoms with Crippen molar-refractivity contribution in [2.24, 2.45) is 11.3 Å². The van der Waals surface area contributed by atoms with Crippen LogP contribution in [0.15, 0.2) is 34.9 Å². The maximum absolute atomic E-state index is 12.4. The minimum Gasteiger partial charge on any atom is -0.481 e. The zero-order valence-corrected chi connectivity index (χ0v) is 15.5. The Bertz CT molecular complexity index is 871. The number of aryl methyl sites for hydroxylation is 1. The number of nitrogens with zero attached hydrogens (tertiary/aromatic N) is 2. The fourth-order valence-electron chi connectivity index (χ4n) is 3.97. The number of hydrogen-bond acceptors (Lipinski definition) is 4. The number of amides is 1. The number of likely N-dealkylation sites (tertiary alicyclic amines) is 1. The molecule has 0 spiro atoms. The van der Waals surface area contributed by atoms with Gasteiger partial charge in [0.2, 0.25) is 5.91 Å². The van der Waals surface area contributed by atoms with E-state index >= 15 is 0 Å². The van der Waals surface area contributed by atoms with Crippen molar-refractivity contribution >= 4 is 11.9 Å². The monoisotopic (exact) mass is 368 g/mol. The average molecular weight is 368 g/mol. The molecule has 1 atom stereocenters. The van der Waals surface area contributed by atoms with Crippen molar-refractivity contribution in [1.29, 1.82) is 0 Å². The molecule has 1 N–H and O–H groups in total. The fourth-order valence-corrected chi connectivity index (χ4v) is 3.97. The van der Waals surface area contributed by atoms with Crippen molar-refractivity contribution in [2.75, 3.05) is 13.1 Å². The van der Waals surface area contributed by atoms with Crippen LogP contribution in [0.1, 0.15) is 37.0 Å². The quantitative estimate of drug-likeness (QED) is 0.875. The third-order valence-electron chi connectivity index (χ3n) is 5.65. The lowest BCUT2D eigenvalue weighted by Gasteiger charge is -2.39. The van der Waals surface area contributed by atoms with Crippen molar-refractivity contribution in [1.82, 2.24) is 10.1 Å². The van der Waals surface area contributed by atoms with E-state index in [1.807, 2.05) is 37.3 Å². The summed E-state index contributed by atoms with van der Waals surface area (Å²) in [6, 6.07) is 9.77. The second-order valence-corrected chi connectivity index (χ2v) is 7.95. The SMILES string of the molecule is Cc1cccc(-c2cc(C[C@]3(C(=O)O)CCCN(C(=O)C4CC4)C3)on2)c1. The van der Waals surface area contributed by atoms with E-state index in [1.54, 1.807) is 4.90 Å². The zero-order valence-electron chi connectivity index (χ0n) is 15.5. The maximum atomic E-state index is 12.4. The molecule has 1 aromatic carbocycles. The standard InChI is InChI=1S/C21H24N2O4/c1-14-4-2-5-16(10-14)18-11-17(27-22-18)12-21(20(25)26)8-3-9-23(13-21)19(24)15-6-7-15/h2,4-5,10-11,15H,3,6-9,12-13H2,1H3,(H,25,26)/t21-/m1/s1. The van der Waals surface area contributed by atoms with Crippen molar-refractivity contribution < 1.29 is 19.2 Å². The molecule has 4 rings (SSSR count). The van der Waals surface area contributed by atoms with Crippen LogP contribution in [0.3, 0.4) is 0 Å².